The van der Waals surface area contributed by atoms with Crippen molar-refractivity contribution in [2.45, 2.75) is 50.4 Å². The highest BCUT2D eigenvalue weighted by atomic mass is 127. The Kier molecular flexibility index (Phi) is 11.1. The maximum absolute atomic E-state index is 9.64. The number of aliphatic hydroxyl groups is 1. The Morgan fingerprint density at radius 1 is 1.06 bits per heavy atom. The van der Waals surface area contributed by atoms with E-state index >= 15 is 0 Å². The summed E-state index contributed by atoms with van der Waals surface area (Å²) in [6, 6.07) is 15.3. The van der Waals surface area contributed by atoms with Crippen LogP contribution in [0.2, 0.25) is 0 Å². The average molecular weight is 555 g/mol. The van der Waals surface area contributed by atoms with Crippen LogP contribution in [0.25, 0.3) is 0 Å². The number of halogens is 1. The molecular weight excluding hydrogens is 519 g/mol. The molecule has 2 aromatic rings. The summed E-state index contributed by atoms with van der Waals surface area (Å²) in [4.78, 5) is 8.07. The van der Waals surface area contributed by atoms with Crippen molar-refractivity contribution in [3.05, 3.63) is 64.7 Å². The van der Waals surface area contributed by atoms with Crippen LogP contribution in [0.4, 0.5) is 0 Å². The van der Waals surface area contributed by atoms with Gasteiger partial charge in [0.05, 0.1) is 6.10 Å². The summed E-state index contributed by atoms with van der Waals surface area (Å²) < 4.78 is 0. The Bertz CT molecular complexity index is 836. The second-order valence-corrected chi connectivity index (χ2v) is 8.77. The van der Waals surface area contributed by atoms with Gasteiger partial charge in [0.1, 0.15) is 0 Å². The number of likely N-dealkylation sites (tertiary alicyclic amines) is 1. The van der Waals surface area contributed by atoms with E-state index in [0.717, 1.165) is 51.5 Å². The van der Waals surface area contributed by atoms with E-state index in [4.69, 9.17) is 0 Å². The van der Waals surface area contributed by atoms with Gasteiger partial charge in [-0.1, -0.05) is 36.4 Å². The molecule has 0 aromatic heterocycles. The van der Waals surface area contributed by atoms with Gasteiger partial charge in [0.15, 0.2) is 5.96 Å². The zero-order chi connectivity index (χ0) is 21.3. The molecule has 0 saturated carbocycles. The highest BCUT2D eigenvalue weighted by Crippen LogP contribution is 2.21. The molecule has 0 aliphatic carbocycles. The van der Waals surface area contributed by atoms with Gasteiger partial charge in [-0.25, -0.2) is 0 Å². The number of benzene rings is 2. The van der Waals surface area contributed by atoms with Crippen molar-refractivity contribution in [2.75, 3.05) is 26.4 Å². The van der Waals surface area contributed by atoms with Crippen LogP contribution in [0.15, 0.2) is 52.4 Å². The molecule has 5 nitrogen and oxygen atoms in total. The van der Waals surface area contributed by atoms with E-state index in [2.05, 4.69) is 76.2 Å². The fourth-order valence-electron chi connectivity index (χ4n) is 3.68. The number of nitrogens with one attached hydrogen (secondary N) is 2. The van der Waals surface area contributed by atoms with Gasteiger partial charge in [0, 0.05) is 44.7 Å². The third kappa shape index (κ3) is 8.29. The van der Waals surface area contributed by atoms with Crippen molar-refractivity contribution < 1.29 is 5.11 Å². The van der Waals surface area contributed by atoms with Crippen LogP contribution in [-0.2, 0) is 19.6 Å². The molecule has 2 aromatic carbocycles. The summed E-state index contributed by atoms with van der Waals surface area (Å²) in [5.74, 6) is 0.804. The maximum Gasteiger partial charge on any atom is 0.191 e. The van der Waals surface area contributed by atoms with E-state index < -0.39 is 0 Å². The molecule has 3 rings (SSSR count). The predicted molar refractivity (Wildman–Crippen MR) is 142 cm³/mol. The monoisotopic (exact) mass is 554 g/mol. The highest BCUT2D eigenvalue weighted by Gasteiger charge is 2.16. The van der Waals surface area contributed by atoms with E-state index in [-0.39, 0.29) is 30.1 Å². The van der Waals surface area contributed by atoms with Crippen LogP contribution in [0.1, 0.15) is 35.1 Å². The topological polar surface area (TPSA) is 59.9 Å². The fraction of sp³-hybridized carbons (Fsp3) is 0.458. The molecule has 1 fully saturated rings. The van der Waals surface area contributed by atoms with Crippen LogP contribution in [0, 0.1) is 6.92 Å². The summed E-state index contributed by atoms with van der Waals surface area (Å²) in [5.41, 5.74) is 5.12. The summed E-state index contributed by atoms with van der Waals surface area (Å²) in [6.07, 6.45) is 3.77. The minimum absolute atomic E-state index is 0. The number of rotatable bonds is 7. The van der Waals surface area contributed by atoms with E-state index in [9.17, 15) is 5.11 Å². The number of aryl methyl sites for hydroxylation is 1. The standard InChI is InChI=1S/C24H34N4OS.HI/c1-18-4-9-21(23(14-18)30-3)16-27-24(25-2)26-15-19-5-7-20(8-6-19)17-28-12-10-22(29)11-13-28;/h4-9,14,22,29H,10-13,15-17H2,1-3H3,(H2,25,26,27);1H. The molecule has 0 atom stereocenters. The summed E-state index contributed by atoms with van der Waals surface area (Å²) in [7, 11) is 1.80. The quantitative estimate of drug-likeness (QED) is 0.208. The Balaban J connectivity index is 0.00000341. The van der Waals surface area contributed by atoms with Crippen LogP contribution in [0.3, 0.4) is 0 Å². The molecule has 0 unspecified atom stereocenters. The number of aliphatic hydroxyl groups excluding tert-OH is 1. The zero-order valence-corrected chi connectivity index (χ0v) is 21.9. The van der Waals surface area contributed by atoms with Crippen molar-refractivity contribution in [3.63, 3.8) is 0 Å². The first kappa shape index (κ1) is 26.0. The lowest BCUT2D eigenvalue weighted by Crippen LogP contribution is -2.36. The van der Waals surface area contributed by atoms with Crippen molar-refractivity contribution in [1.82, 2.24) is 15.5 Å². The second kappa shape index (κ2) is 13.3. The van der Waals surface area contributed by atoms with Gasteiger partial charge in [0.2, 0.25) is 0 Å². The van der Waals surface area contributed by atoms with E-state index in [0.29, 0.717) is 0 Å². The number of hydrogen-bond donors (Lipinski definition) is 3. The number of piperidine rings is 1. The first-order valence-electron chi connectivity index (χ1n) is 10.6. The maximum atomic E-state index is 9.64. The lowest BCUT2D eigenvalue weighted by atomic mass is 10.1. The lowest BCUT2D eigenvalue weighted by molar-refractivity contribution is 0.0792. The van der Waals surface area contributed by atoms with Crippen molar-refractivity contribution in [1.29, 1.82) is 0 Å². The van der Waals surface area contributed by atoms with Gasteiger partial charge < -0.3 is 15.7 Å². The SMILES string of the molecule is CN=C(NCc1ccc(CN2CCC(O)CC2)cc1)NCc1ccc(C)cc1SC.I. The Morgan fingerprint density at radius 3 is 2.35 bits per heavy atom. The largest absolute Gasteiger partial charge is 0.393 e. The molecule has 170 valence electrons. The van der Waals surface area contributed by atoms with Crippen LogP contribution in [0.5, 0.6) is 0 Å². The molecule has 0 bridgehead atoms. The number of thioether (sulfide) groups is 1. The van der Waals surface area contributed by atoms with Crippen molar-refractivity contribution in [2.24, 2.45) is 4.99 Å². The third-order valence-corrected chi connectivity index (χ3v) is 6.38. The molecular formula is C24H35IN4OS. The Hall–Kier alpha value is -1.29. The predicted octanol–water partition coefficient (Wildman–Crippen LogP) is 4.16. The number of aliphatic imine (C=N–C) groups is 1. The summed E-state index contributed by atoms with van der Waals surface area (Å²) >= 11 is 1.78. The molecule has 1 heterocycles. The molecule has 0 spiro atoms. The van der Waals surface area contributed by atoms with Crippen LogP contribution >= 0.6 is 35.7 Å². The smallest absolute Gasteiger partial charge is 0.191 e. The van der Waals surface area contributed by atoms with Gasteiger partial charge in [-0.3, -0.25) is 9.89 Å². The molecule has 7 heteroatoms. The second-order valence-electron chi connectivity index (χ2n) is 7.92. The van der Waals surface area contributed by atoms with Crippen LogP contribution in [-0.4, -0.2) is 48.5 Å². The molecule has 1 saturated heterocycles. The number of guanidine groups is 1. The molecule has 1 aliphatic heterocycles. The molecule has 0 radical (unpaired) electrons. The molecule has 3 N–H and O–H groups in total. The first-order chi connectivity index (χ1) is 14.6. The number of nitrogens with zero attached hydrogens (tertiary/aromatic N) is 2. The van der Waals surface area contributed by atoms with Crippen LogP contribution < -0.4 is 10.6 Å². The van der Waals surface area contributed by atoms with Crippen molar-refractivity contribution in [3.8, 4) is 0 Å². The van der Waals surface area contributed by atoms with Gasteiger partial charge in [-0.05, 0) is 54.3 Å². The Morgan fingerprint density at radius 2 is 1.71 bits per heavy atom. The average Bonchev–Trinajstić information content (AvgIpc) is 2.77. The highest BCUT2D eigenvalue weighted by molar-refractivity contribution is 14.0. The minimum Gasteiger partial charge on any atom is -0.393 e. The third-order valence-electron chi connectivity index (χ3n) is 5.56. The fourth-order valence-corrected chi connectivity index (χ4v) is 4.39. The van der Waals surface area contributed by atoms with E-state index in [1.165, 1.54) is 27.1 Å². The molecule has 0 amide bonds. The minimum atomic E-state index is -0.115. The van der Waals surface area contributed by atoms with Crippen molar-refractivity contribution >= 4 is 41.7 Å². The summed E-state index contributed by atoms with van der Waals surface area (Å²) in [6.45, 7) is 6.52. The van der Waals surface area contributed by atoms with Gasteiger partial charge in [-0.2, -0.15) is 0 Å². The van der Waals surface area contributed by atoms with Gasteiger partial charge in [-0.15, -0.1) is 35.7 Å². The molecule has 31 heavy (non-hydrogen) atoms. The van der Waals surface area contributed by atoms with E-state index in [1.807, 2.05) is 0 Å². The number of hydrogen-bond acceptors (Lipinski definition) is 4. The summed E-state index contributed by atoms with van der Waals surface area (Å²) in [5, 5.41) is 16.5. The first-order valence-corrected chi connectivity index (χ1v) is 11.9. The Labute approximate surface area is 208 Å². The lowest BCUT2D eigenvalue weighted by Gasteiger charge is -2.29. The van der Waals surface area contributed by atoms with Gasteiger partial charge in [0.25, 0.3) is 0 Å². The molecule has 1 aliphatic rings. The van der Waals surface area contributed by atoms with Gasteiger partial charge >= 0.3 is 0 Å². The zero-order valence-electron chi connectivity index (χ0n) is 18.7. The normalized spacial score (nSPS) is 15.4. The van der Waals surface area contributed by atoms with E-state index in [1.54, 1.807) is 18.8 Å².